The molecule has 0 saturated heterocycles. The zero-order valence-corrected chi connectivity index (χ0v) is 17.8. The van der Waals surface area contributed by atoms with Gasteiger partial charge in [-0.1, -0.05) is 12.1 Å². The fourth-order valence-corrected chi connectivity index (χ4v) is 4.12. The van der Waals surface area contributed by atoms with Crippen molar-refractivity contribution in [2.75, 3.05) is 18.7 Å². The van der Waals surface area contributed by atoms with E-state index in [1.54, 1.807) is 24.3 Å². The maximum absolute atomic E-state index is 13.5. The lowest BCUT2D eigenvalue weighted by Crippen LogP contribution is -2.30. The molecule has 35 heavy (non-hydrogen) atoms. The Kier molecular flexibility index (Phi) is 4.73. The van der Waals surface area contributed by atoms with Gasteiger partial charge >= 0.3 is 12.3 Å². The molecule has 3 aliphatic heterocycles. The molecular formula is C24H16F3N3O5. The highest BCUT2D eigenvalue weighted by Crippen LogP contribution is 2.42. The number of anilines is 1. The van der Waals surface area contributed by atoms with Gasteiger partial charge < -0.3 is 24.3 Å². The van der Waals surface area contributed by atoms with Crippen LogP contribution in [0.1, 0.15) is 17.0 Å². The number of amides is 2. The molecule has 0 saturated carbocycles. The lowest BCUT2D eigenvalue weighted by molar-refractivity contribution is -0.286. The van der Waals surface area contributed by atoms with Gasteiger partial charge in [0.2, 0.25) is 6.79 Å². The second kappa shape index (κ2) is 7.83. The molecule has 0 radical (unpaired) electrons. The predicted octanol–water partition coefficient (Wildman–Crippen LogP) is 4.91. The van der Waals surface area contributed by atoms with Gasteiger partial charge in [-0.3, -0.25) is 0 Å². The number of hydrogen-bond acceptors (Lipinski definition) is 6. The number of ether oxygens (including phenoxy) is 4. The van der Waals surface area contributed by atoms with E-state index in [-0.39, 0.29) is 42.3 Å². The Morgan fingerprint density at radius 1 is 0.943 bits per heavy atom. The van der Waals surface area contributed by atoms with Crippen LogP contribution in [0.5, 0.6) is 23.0 Å². The van der Waals surface area contributed by atoms with Crippen molar-refractivity contribution >= 4 is 17.4 Å². The molecule has 1 atom stereocenters. The average molecular weight is 483 g/mol. The number of hydrazone groups is 1. The molecular weight excluding hydrogens is 467 g/mol. The summed E-state index contributed by atoms with van der Waals surface area (Å²) in [5, 5.41) is 8.39. The Hall–Kier alpha value is -4.41. The molecule has 11 heteroatoms. The van der Waals surface area contributed by atoms with Crippen molar-refractivity contribution in [2.24, 2.45) is 5.10 Å². The minimum atomic E-state index is -3.76. The SMILES string of the molecule is O=C(Nc1ccc2c(c1)OC(F)(F)O2)N1CC(c2ccc(F)cc2)C(c2ccc3c(c2)OCO3)=N1. The number of urea groups is 1. The normalized spacial score (nSPS) is 19.0. The lowest BCUT2D eigenvalue weighted by Gasteiger charge is -2.16. The second-order valence-corrected chi connectivity index (χ2v) is 8.00. The van der Waals surface area contributed by atoms with E-state index in [2.05, 4.69) is 19.9 Å². The fraction of sp³-hybridized carbons (Fsp3) is 0.167. The molecule has 6 rings (SSSR count). The summed E-state index contributed by atoms with van der Waals surface area (Å²) in [7, 11) is 0. The molecule has 2 amide bonds. The van der Waals surface area contributed by atoms with Crippen LogP contribution in [0.4, 0.5) is 23.7 Å². The van der Waals surface area contributed by atoms with Gasteiger partial charge in [0, 0.05) is 23.2 Å². The van der Waals surface area contributed by atoms with E-state index in [1.165, 1.54) is 35.3 Å². The minimum Gasteiger partial charge on any atom is -0.454 e. The number of hydrogen-bond donors (Lipinski definition) is 1. The highest BCUT2D eigenvalue weighted by molar-refractivity contribution is 6.08. The summed E-state index contributed by atoms with van der Waals surface area (Å²) in [6.07, 6.45) is -3.76. The van der Waals surface area contributed by atoms with Gasteiger partial charge in [-0.25, -0.2) is 14.2 Å². The van der Waals surface area contributed by atoms with Gasteiger partial charge in [-0.15, -0.1) is 8.78 Å². The monoisotopic (exact) mass is 483 g/mol. The van der Waals surface area contributed by atoms with Crippen molar-refractivity contribution in [2.45, 2.75) is 12.2 Å². The van der Waals surface area contributed by atoms with Crippen LogP contribution in [-0.2, 0) is 0 Å². The van der Waals surface area contributed by atoms with Gasteiger partial charge in [0.25, 0.3) is 0 Å². The van der Waals surface area contributed by atoms with E-state index in [0.717, 1.165) is 5.56 Å². The number of carbonyl (C=O) groups excluding carboxylic acids is 1. The molecule has 1 unspecified atom stereocenters. The van der Waals surface area contributed by atoms with Gasteiger partial charge in [0.1, 0.15) is 5.82 Å². The van der Waals surface area contributed by atoms with Crippen molar-refractivity contribution in [1.82, 2.24) is 5.01 Å². The second-order valence-electron chi connectivity index (χ2n) is 8.00. The molecule has 1 N–H and O–H groups in total. The average Bonchev–Trinajstić information content (AvgIpc) is 3.54. The zero-order valence-electron chi connectivity index (χ0n) is 17.8. The van der Waals surface area contributed by atoms with Crippen molar-refractivity contribution in [3.05, 3.63) is 77.6 Å². The molecule has 3 aliphatic rings. The highest BCUT2D eigenvalue weighted by Gasteiger charge is 2.43. The Morgan fingerprint density at radius 3 is 2.51 bits per heavy atom. The van der Waals surface area contributed by atoms with Crippen molar-refractivity contribution in [3.8, 4) is 23.0 Å². The molecule has 8 nitrogen and oxygen atoms in total. The number of rotatable bonds is 3. The van der Waals surface area contributed by atoms with Crippen LogP contribution in [0.15, 0.2) is 65.8 Å². The van der Waals surface area contributed by atoms with E-state index in [0.29, 0.717) is 22.8 Å². The van der Waals surface area contributed by atoms with Crippen LogP contribution in [0.25, 0.3) is 0 Å². The van der Waals surface area contributed by atoms with E-state index in [1.807, 2.05) is 6.07 Å². The molecule has 0 aromatic heterocycles. The predicted molar refractivity (Wildman–Crippen MR) is 117 cm³/mol. The van der Waals surface area contributed by atoms with E-state index < -0.39 is 12.3 Å². The molecule has 0 spiro atoms. The maximum Gasteiger partial charge on any atom is 0.586 e. The lowest BCUT2D eigenvalue weighted by atomic mass is 9.90. The Labute approximate surface area is 196 Å². The molecule has 3 heterocycles. The Balaban J connectivity index is 1.28. The van der Waals surface area contributed by atoms with Crippen LogP contribution in [0, 0.1) is 5.82 Å². The summed E-state index contributed by atoms with van der Waals surface area (Å²) in [4.78, 5) is 13.0. The first kappa shape index (κ1) is 21.1. The molecule has 178 valence electrons. The number of nitrogens with one attached hydrogen (secondary N) is 1. The van der Waals surface area contributed by atoms with Gasteiger partial charge in [-0.05, 0) is 48.0 Å². The Bertz CT molecular complexity index is 1360. The highest BCUT2D eigenvalue weighted by atomic mass is 19.3. The zero-order chi connectivity index (χ0) is 24.2. The van der Waals surface area contributed by atoms with E-state index >= 15 is 0 Å². The van der Waals surface area contributed by atoms with Gasteiger partial charge in [0.05, 0.1) is 12.3 Å². The van der Waals surface area contributed by atoms with Gasteiger partial charge in [-0.2, -0.15) is 5.10 Å². The number of fused-ring (bicyclic) bond motifs is 2. The summed E-state index contributed by atoms with van der Waals surface area (Å²) in [6.45, 7) is 0.284. The smallest absolute Gasteiger partial charge is 0.454 e. The summed E-state index contributed by atoms with van der Waals surface area (Å²) in [5.41, 5.74) is 2.28. The minimum absolute atomic E-state index is 0.114. The summed E-state index contributed by atoms with van der Waals surface area (Å²) < 4.78 is 59.8. The van der Waals surface area contributed by atoms with Crippen molar-refractivity contribution in [1.29, 1.82) is 0 Å². The number of nitrogens with zero attached hydrogens (tertiary/aromatic N) is 2. The Morgan fingerprint density at radius 2 is 1.69 bits per heavy atom. The van der Waals surface area contributed by atoms with Crippen LogP contribution in [-0.4, -0.2) is 36.4 Å². The van der Waals surface area contributed by atoms with Crippen LogP contribution >= 0.6 is 0 Å². The number of alkyl halides is 2. The summed E-state index contributed by atoms with van der Waals surface area (Å²) in [5.74, 6) is 0.113. The maximum atomic E-state index is 13.5. The number of halogens is 3. The third-order valence-corrected chi connectivity index (χ3v) is 5.74. The third kappa shape index (κ3) is 3.94. The topological polar surface area (TPSA) is 81.6 Å². The molecule has 3 aromatic carbocycles. The quantitative estimate of drug-likeness (QED) is 0.573. The molecule has 0 aliphatic carbocycles. The first-order chi connectivity index (χ1) is 16.8. The molecule has 3 aromatic rings. The summed E-state index contributed by atoms with van der Waals surface area (Å²) >= 11 is 0. The largest absolute Gasteiger partial charge is 0.586 e. The number of benzene rings is 3. The van der Waals surface area contributed by atoms with Crippen molar-refractivity contribution < 1.29 is 36.9 Å². The number of carbonyl (C=O) groups is 1. The van der Waals surface area contributed by atoms with Gasteiger partial charge in [0.15, 0.2) is 23.0 Å². The first-order valence-electron chi connectivity index (χ1n) is 10.6. The molecule has 0 bridgehead atoms. The third-order valence-electron chi connectivity index (χ3n) is 5.74. The van der Waals surface area contributed by atoms with E-state index in [4.69, 9.17) is 9.47 Å². The fourth-order valence-electron chi connectivity index (χ4n) is 4.12. The van der Waals surface area contributed by atoms with Crippen LogP contribution < -0.4 is 24.3 Å². The van der Waals surface area contributed by atoms with Crippen LogP contribution in [0.2, 0.25) is 0 Å². The molecule has 0 fully saturated rings. The van der Waals surface area contributed by atoms with Crippen molar-refractivity contribution in [3.63, 3.8) is 0 Å². The first-order valence-corrected chi connectivity index (χ1v) is 10.6. The van der Waals surface area contributed by atoms with E-state index in [9.17, 15) is 18.0 Å². The standard InChI is InChI=1S/C24H16F3N3O5/c25-15-4-1-13(2-5-15)17-11-30(29-22(17)14-3-7-18-20(9-14)33-12-32-18)23(31)28-16-6-8-19-21(10-16)35-24(26,27)34-19/h1-10,17H,11-12H2,(H,28,31). The van der Waals surface area contributed by atoms with Crippen LogP contribution in [0.3, 0.4) is 0 Å². The summed E-state index contributed by atoms with van der Waals surface area (Å²) in [6, 6.07) is 14.7.